The first kappa shape index (κ1) is 25.6. The number of carbonyl (C=O) groups excluding carboxylic acids is 2. The first-order valence-corrected chi connectivity index (χ1v) is 13.9. The molecule has 198 valence electrons. The van der Waals surface area contributed by atoms with Crippen molar-refractivity contribution in [1.29, 1.82) is 0 Å². The van der Waals surface area contributed by atoms with Crippen molar-refractivity contribution in [3.8, 4) is 5.75 Å². The Morgan fingerprint density at radius 2 is 1.84 bits per heavy atom. The second-order valence-corrected chi connectivity index (χ2v) is 10.6. The molecule has 2 amide bonds. The summed E-state index contributed by atoms with van der Waals surface area (Å²) >= 11 is 0. The number of fused-ring (bicyclic) bond motifs is 2. The van der Waals surface area contributed by atoms with Crippen LogP contribution in [0.3, 0.4) is 0 Å². The van der Waals surface area contributed by atoms with Gasteiger partial charge >= 0.3 is 0 Å². The number of piperidine rings is 1. The standard InChI is InChI=1S/C30H40N4O3/c1-3-23-19-27(31-26-10-15-33(16-11-26)22(2)35)20-28-29(23)37-18-17-34(30(28)36)13-6-12-32-14-9-24-7-4-5-8-25(24)21-32/h4-5,7-8,19-20,26,31H,3,6,9-18,21H2,1-2H3. The summed E-state index contributed by atoms with van der Waals surface area (Å²) in [6, 6.07) is 13.1. The fraction of sp³-hybridized carbons (Fsp3) is 0.533. The number of nitrogens with zero attached hydrogens (tertiary/aromatic N) is 3. The van der Waals surface area contributed by atoms with Crippen LogP contribution in [-0.4, -0.2) is 78.4 Å². The lowest BCUT2D eigenvalue weighted by Gasteiger charge is -2.32. The maximum absolute atomic E-state index is 13.7. The molecule has 0 radical (unpaired) electrons. The van der Waals surface area contributed by atoms with Crippen LogP contribution >= 0.6 is 0 Å². The highest BCUT2D eigenvalue weighted by Crippen LogP contribution is 2.33. The number of aryl methyl sites for hydroxylation is 1. The molecule has 7 nitrogen and oxygen atoms in total. The van der Waals surface area contributed by atoms with E-state index in [0.29, 0.717) is 24.8 Å². The minimum Gasteiger partial charge on any atom is -0.491 e. The predicted octanol–water partition coefficient (Wildman–Crippen LogP) is 3.95. The molecule has 0 bridgehead atoms. The van der Waals surface area contributed by atoms with Gasteiger partial charge in [0.25, 0.3) is 5.91 Å². The van der Waals surface area contributed by atoms with Gasteiger partial charge < -0.3 is 19.9 Å². The normalized spacial score (nSPS) is 18.6. The number of benzene rings is 2. The molecule has 5 rings (SSSR count). The highest BCUT2D eigenvalue weighted by Gasteiger charge is 2.27. The Balaban J connectivity index is 1.22. The van der Waals surface area contributed by atoms with E-state index in [9.17, 15) is 9.59 Å². The van der Waals surface area contributed by atoms with Crippen molar-refractivity contribution in [3.05, 3.63) is 58.7 Å². The van der Waals surface area contributed by atoms with Crippen molar-refractivity contribution < 1.29 is 14.3 Å². The average Bonchev–Trinajstić information content (AvgIpc) is 3.07. The van der Waals surface area contributed by atoms with Crippen LogP contribution < -0.4 is 10.1 Å². The molecule has 2 aromatic carbocycles. The van der Waals surface area contributed by atoms with Gasteiger partial charge in [-0.25, -0.2) is 0 Å². The number of likely N-dealkylation sites (tertiary alicyclic amines) is 1. The monoisotopic (exact) mass is 504 g/mol. The number of nitrogens with one attached hydrogen (secondary N) is 1. The predicted molar refractivity (Wildman–Crippen MR) is 146 cm³/mol. The van der Waals surface area contributed by atoms with Crippen molar-refractivity contribution in [2.45, 2.75) is 58.5 Å². The minimum absolute atomic E-state index is 0.0706. The van der Waals surface area contributed by atoms with Crippen LogP contribution in [0.4, 0.5) is 5.69 Å². The summed E-state index contributed by atoms with van der Waals surface area (Å²) in [6.45, 7) is 10.2. The van der Waals surface area contributed by atoms with Crippen molar-refractivity contribution in [2.24, 2.45) is 0 Å². The van der Waals surface area contributed by atoms with Crippen LogP contribution in [0.1, 0.15) is 60.2 Å². The van der Waals surface area contributed by atoms with E-state index in [4.69, 9.17) is 4.74 Å². The second kappa shape index (κ2) is 11.5. The van der Waals surface area contributed by atoms with Crippen LogP contribution in [0.5, 0.6) is 5.75 Å². The zero-order valence-corrected chi connectivity index (χ0v) is 22.3. The maximum Gasteiger partial charge on any atom is 0.257 e. The molecule has 1 fully saturated rings. The third-order valence-electron chi connectivity index (χ3n) is 8.10. The van der Waals surface area contributed by atoms with E-state index in [0.717, 1.165) is 88.4 Å². The van der Waals surface area contributed by atoms with E-state index in [2.05, 4.69) is 47.5 Å². The molecule has 2 aromatic rings. The first-order valence-electron chi connectivity index (χ1n) is 13.9. The molecule has 0 aromatic heterocycles. The molecule has 0 unspecified atom stereocenters. The molecule has 3 aliphatic heterocycles. The van der Waals surface area contributed by atoms with E-state index < -0.39 is 0 Å². The number of anilines is 1. The number of hydrogen-bond acceptors (Lipinski definition) is 5. The van der Waals surface area contributed by atoms with Gasteiger partial charge in [-0.05, 0) is 60.9 Å². The van der Waals surface area contributed by atoms with Gasteiger partial charge in [-0.15, -0.1) is 0 Å². The van der Waals surface area contributed by atoms with Crippen molar-refractivity contribution in [2.75, 3.05) is 51.2 Å². The summed E-state index contributed by atoms with van der Waals surface area (Å²) in [4.78, 5) is 31.7. The average molecular weight is 505 g/mol. The quantitative estimate of drug-likeness (QED) is 0.619. The number of ether oxygens (including phenoxy) is 1. The van der Waals surface area contributed by atoms with Crippen LogP contribution in [0.2, 0.25) is 0 Å². The molecule has 0 atom stereocenters. The summed E-state index contributed by atoms with van der Waals surface area (Å²) in [5, 5.41) is 3.64. The summed E-state index contributed by atoms with van der Waals surface area (Å²) in [7, 11) is 0. The van der Waals surface area contributed by atoms with E-state index in [1.54, 1.807) is 6.92 Å². The lowest BCUT2D eigenvalue weighted by Crippen LogP contribution is -2.41. The number of carbonyl (C=O) groups is 2. The zero-order chi connectivity index (χ0) is 25.8. The Morgan fingerprint density at radius 1 is 1.05 bits per heavy atom. The molecule has 37 heavy (non-hydrogen) atoms. The van der Waals surface area contributed by atoms with Gasteiger partial charge in [0.2, 0.25) is 5.91 Å². The van der Waals surface area contributed by atoms with Crippen LogP contribution in [0.25, 0.3) is 0 Å². The summed E-state index contributed by atoms with van der Waals surface area (Å²) < 4.78 is 6.15. The number of amides is 2. The Morgan fingerprint density at radius 3 is 2.59 bits per heavy atom. The molecule has 1 N–H and O–H groups in total. The van der Waals surface area contributed by atoms with Gasteiger partial charge in [-0.1, -0.05) is 31.2 Å². The van der Waals surface area contributed by atoms with Crippen LogP contribution in [0, 0.1) is 0 Å². The molecule has 0 spiro atoms. The largest absolute Gasteiger partial charge is 0.491 e. The Bertz CT molecular complexity index is 1130. The van der Waals surface area contributed by atoms with Gasteiger partial charge in [0.1, 0.15) is 12.4 Å². The Labute approximate surface area is 220 Å². The summed E-state index contributed by atoms with van der Waals surface area (Å²) in [6.07, 6.45) is 4.69. The molecular weight excluding hydrogens is 464 g/mol. The van der Waals surface area contributed by atoms with Crippen molar-refractivity contribution in [1.82, 2.24) is 14.7 Å². The molecule has 0 aliphatic carbocycles. The Hall–Kier alpha value is -3.06. The van der Waals surface area contributed by atoms with Gasteiger partial charge in [0, 0.05) is 57.9 Å². The molecule has 0 saturated carbocycles. The third-order valence-corrected chi connectivity index (χ3v) is 8.10. The van der Waals surface area contributed by atoms with E-state index >= 15 is 0 Å². The third kappa shape index (κ3) is 5.93. The summed E-state index contributed by atoms with van der Waals surface area (Å²) in [5.74, 6) is 0.963. The lowest BCUT2D eigenvalue weighted by molar-refractivity contribution is -0.129. The van der Waals surface area contributed by atoms with Crippen molar-refractivity contribution in [3.63, 3.8) is 0 Å². The first-order chi connectivity index (χ1) is 18.0. The molecule has 3 aliphatic rings. The molecule has 7 heteroatoms. The topological polar surface area (TPSA) is 65.1 Å². The SMILES string of the molecule is CCc1cc(NC2CCN(C(C)=O)CC2)cc2c1OCCN(CCCN1CCc3ccccc3C1)C2=O. The number of hydrogen-bond donors (Lipinski definition) is 1. The fourth-order valence-electron chi connectivity index (χ4n) is 5.91. The summed E-state index contributed by atoms with van der Waals surface area (Å²) in [5.41, 5.74) is 5.62. The Kier molecular flexibility index (Phi) is 7.99. The highest BCUT2D eigenvalue weighted by atomic mass is 16.5. The van der Waals surface area contributed by atoms with Gasteiger partial charge in [0.05, 0.1) is 12.1 Å². The van der Waals surface area contributed by atoms with E-state index in [-0.39, 0.29) is 11.8 Å². The molecular formula is C30H40N4O3. The van der Waals surface area contributed by atoms with Gasteiger partial charge in [-0.3, -0.25) is 14.5 Å². The number of rotatable bonds is 7. The zero-order valence-electron chi connectivity index (χ0n) is 22.3. The van der Waals surface area contributed by atoms with Gasteiger partial charge in [-0.2, -0.15) is 0 Å². The maximum atomic E-state index is 13.7. The minimum atomic E-state index is 0.0706. The van der Waals surface area contributed by atoms with Gasteiger partial charge in [0.15, 0.2) is 0 Å². The van der Waals surface area contributed by atoms with E-state index in [1.165, 1.54) is 11.1 Å². The molecule has 1 saturated heterocycles. The van der Waals surface area contributed by atoms with E-state index in [1.807, 2.05) is 15.9 Å². The fourth-order valence-corrected chi connectivity index (χ4v) is 5.91. The highest BCUT2D eigenvalue weighted by molar-refractivity contribution is 5.99. The smallest absolute Gasteiger partial charge is 0.257 e. The molecule has 3 heterocycles. The lowest BCUT2D eigenvalue weighted by atomic mass is 10.00. The van der Waals surface area contributed by atoms with Crippen LogP contribution in [0.15, 0.2) is 36.4 Å². The van der Waals surface area contributed by atoms with Crippen LogP contribution in [-0.2, 0) is 24.2 Å². The second-order valence-electron chi connectivity index (χ2n) is 10.6. The van der Waals surface area contributed by atoms with Crippen molar-refractivity contribution >= 4 is 17.5 Å².